The number of rotatable bonds is 5. The molecule has 0 saturated heterocycles. The van der Waals surface area contributed by atoms with E-state index >= 15 is 0 Å². The molecule has 5 rings (SSSR count). The van der Waals surface area contributed by atoms with E-state index < -0.39 is 0 Å². The van der Waals surface area contributed by atoms with Gasteiger partial charge >= 0.3 is 0 Å². The molecule has 3 aromatic heterocycles. The van der Waals surface area contributed by atoms with E-state index in [2.05, 4.69) is 50.6 Å². The predicted octanol–water partition coefficient (Wildman–Crippen LogP) is 4.94. The second-order valence-electron chi connectivity index (χ2n) is 7.73. The molecule has 1 aliphatic rings. The summed E-state index contributed by atoms with van der Waals surface area (Å²) in [6.45, 7) is 3.87. The molecule has 1 amide bonds. The molecule has 0 spiro atoms. The van der Waals surface area contributed by atoms with Crippen molar-refractivity contribution in [3.8, 4) is 0 Å². The van der Waals surface area contributed by atoms with Crippen molar-refractivity contribution in [2.45, 2.75) is 19.9 Å². The Hall–Kier alpha value is -3.58. The lowest BCUT2D eigenvalue weighted by molar-refractivity contribution is 0.0777. The van der Waals surface area contributed by atoms with Crippen LogP contribution >= 0.6 is 11.3 Å². The average molecular weight is 442 g/mol. The van der Waals surface area contributed by atoms with E-state index in [0.29, 0.717) is 19.6 Å². The Balaban J connectivity index is 1.37. The number of fused-ring (bicyclic) bond motifs is 1. The molecule has 1 N–H and O–H groups in total. The summed E-state index contributed by atoms with van der Waals surface area (Å²) in [6.07, 6.45) is 6.34. The summed E-state index contributed by atoms with van der Waals surface area (Å²) in [7, 11) is 0. The summed E-state index contributed by atoms with van der Waals surface area (Å²) in [5.74, 6) is 0.794. The largest absolute Gasteiger partial charge is 0.364 e. The highest BCUT2D eigenvalue weighted by Crippen LogP contribution is 2.35. The number of nitrogens with one attached hydrogen (secondary N) is 1. The van der Waals surface area contributed by atoms with E-state index in [0.717, 1.165) is 38.6 Å². The van der Waals surface area contributed by atoms with Gasteiger partial charge in [0, 0.05) is 19.3 Å². The van der Waals surface area contributed by atoms with Gasteiger partial charge in [-0.25, -0.2) is 9.97 Å². The van der Waals surface area contributed by atoms with Crippen LogP contribution in [0.1, 0.15) is 32.9 Å². The van der Waals surface area contributed by atoms with E-state index in [1.54, 1.807) is 12.5 Å². The van der Waals surface area contributed by atoms with Gasteiger partial charge in [-0.15, -0.1) is 11.3 Å². The highest BCUT2D eigenvalue weighted by molar-refractivity contribution is 7.20. The zero-order valence-electron chi connectivity index (χ0n) is 17.8. The molecule has 160 valence electrons. The van der Waals surface area contributed by atoms with Crippen LogP contribution in [0.15, 0.2) is 67.1 Å². The fraction of sp³-hybridized carbons (Fsp3) is 0.200. The first kappa shape index (κ1) is 20.3. The Morgan fingerprint density at radius 1 is 1.09 bits per heavy atom. The van der Waals surface area contributed by atoms with Gasteiger partial charge < -0.3 is 10.2 Å². The summed E-state index contributed by atoms with van der Waals surface area (Å²) in [4.78, 5) is 30.0. The normalized spacial score (nSPS) is 13.8. The van der Waals surface area contributed by atoms with Gasteiger partial charge in [-0.1, -0.05) is 42.5 Å². The Morgan fingerprint density at radius 3 is 2.69 bits per heavy atom. The summed E-state index contributed by atoms with van der Waals surface area (Å²) in [6, 6.07) is 16.2. The van der Waals surface area contributed by atoms with Gasteiger partial charge in [0.05, 0.1) is 22.5 Å². The first-order valence-corrected chi connectivity index (χ1v) is 11.4. The lowest BCUT2D eigenvalue weighted by atomic mass is 9.99. The SMILES string of the molecule is Cc1c(C(=O)N2CC=C(c3ccccc3)CC2)sc2ncnc(NCc3ccccn3)c12. The topological polar surface area (TPSA) is 71.0 Å². The second-order valence-corrected chi connectivity index (χ2v) is 8.73. The number of anilines is 1. The van der Waals surface area contributed by atoms with E-state index in [9.17, 15) is 4.79 Å². The first-order valence-electron chi connectivity index (χ1n) is 10.6. The maximum Gasteiger partial charge on any atom is 0.264 e. The van der Waals surface area contributed by atoms with Gasteiger partial charge in [0.15, 0.2) is 0 Å². The summed E-state index contributed by atoms with van der Waals surface area (Å²) < 4.78 is 0. The van der Waals surface area contributed by atoms with Crippen molar-refractivity contribution in [3.63, 3.8) is 0 Å². The van der Waals surface area contributed by atoms with Crippen LogP contribution in [0.5, 0.6) is 0 Å². The van der Waals surface area contributed by atoms with Crippen LogP contribution in [0.2, 0.25) is 0 Å². The molecule has 1 aromatic carbocycles. The highest BCUT2D eigenvalue weighted by atomic mass is 32.1. The number of hydrogen-bond acceptors (Lipinski definition) is 6. The molecule has 0 saturated carbocycles. The van der Waals surface area contributed by atoms with Crippen molar-refractivity contribution in [1.82, 2.24) is 19.9 Å². The lowest BCUT2D eigenvalue weighted by Gasteiger charge is -2.26. The van der Waals surface area contributed by atoms with Crippen molar-refractivity contribution < 1.29 is 4.79 Å². The minimum absolute atomic E-state index is 0.0598. The standard InChI is InChI=1S/C25H23N5OS/c1-17-21-23(27-15-20-9-5-6-12-26-20)28-16-29-24(21)32-22(17)25(31)30-13-10-19(11-14-30)18-7-3-2-4-8-18/h2-10,12,16H,11,13-15H2,1H3,(H,27,28,29). The van der Waals surface area contributed by atoms with Crippen LogP contribution in [0, 0.1) is 6.92 Å². The van der Waals surface area contributed by atoms with Crippen LogP contribution < -0.4 is 5.32 Å². The van der Waals surface area contributed by atoms with Crippen LogP contribution in [-0.4, -0.2) is 38.8 Å². The molecule has 4 heterocycles. The van der Waals surface area contributed by atoms with Gasteiger partial charge in [0.25, 0.3) is 5.91 Å². The number of thiophene rings is 1. The average Bonchev–Trinajstić information content (AvgIpc) is 3.20. The molecule has 0 fully saturated rings. The van der Waals surface area contributed by atoms with Gasteiger partial charge in [0.2, 0.25) is 0 Å². The van der Waals surface area contributed by atoms with Crippen molar-refractivity contribution in [1.29, 1.82) is 0 Å². The van der Waals surface area contributed by atoms with Crippen LogP contribution in [0.25, 0.3) is 15.8 Å². The monoisotopic (exact) mass is 441 g/mol. The number of nitrogens with zero attached hydrogens (tertiary/aromatic N) is 4. The van der Waals surface area contributed by atoms with Gasteiger partial charge in [-0.2, -0.15) is 0 Å². The highest BCUT2D eigenvalue weighted by Gasteiger charge is 2.25. The Labute approximate surface area is 190 Å². The molecule has 0 bridgehead atoms. The third-order valence-corrected chi connectivity index (χ3v) is 6.91. The number of hydrogen-bond donors (Lipinski definition) is 1. The zero-order valence-corrected chi connectivity index (χ0v) is 18.6. The quantitative estimate of drug-likeness (QED) is 0.475. The Kier molecular flexibility index (Phi) is 5.64. The number of pyridine rings is 1. The molecule has 6 nitrogen and oxygen atoms in total. The fourth-order valence-corrected chi connectivity index (χ4v) is 5.11. The van der Waals surface area contributed by atoms with E-state index in [1.165, 1.54) is 22.5 Å². The third-order valence-electron chi connectivity index (χ3n) is 5.73. The van der Waals surface area contributed by atoms with Crippen LogP contribution in [0.3, 0.4) is 0 Å². The minimum Gasteiger partial charge on any atom is -0.364 e. The molecule has 0 radical (unpaired) electrons. The van der Waals surface area contributed by atoms with E-state index in [-0.39, 0.29) is 5.91 Å². The summed E-state index contributed by atoms with van der Waals surface area (Å²) in [5, 5.41) is 4.27. The molecule has 0 atom stereocenters. The number of carbonyl (C=O) groups is 1. The Bertz CT molecular complexity index is 1280. The van der Waals surface area contributed by atoms with Crippen LogP contribution in [-0.2, 0) is 6.54 Å². The fourth-order valence-electron chi connectivity index (χ4n) is 4.00. The van der Waals surface area contributed by atoms with Crippen molar-refractivity contribution in [2.24, 2.45) is 0 Å². The molecular weight excluding hydrogens is 418 g/mol. The first-order chi connectivity index (χ1) is 15.7. The van der Waals surface area contributed by atoms with Gasteiger partial charge in [0.1, 0.15) is 17.0 Å². The number of aryl methyl sites for hydroxylation is 1. The minimum atomic E-state index is 0.0598. The van der Waals surface area contributed by atoms with E-state index in [1.807, 2.05) is 36.1 Å². The maximum atomic E-state index is 13.4. The molecule has 4 aromatic rings. The molecule has 7 heteroatoms. The maximum absolute atomic E-state index is 13.4. The third kappa shape index (κ3) is 3.99. The lowest BCUT2D eigenvalue weighted by Crippen LogP contribution is -2.34. The molecular formula is C25H23N5OS. The smallest absolute Gasteiger partial charge is 0.264 e. The summed E-state index contributed by atoms with van der Waals surface area (Å²) >= 11 is 1.44. The van der Waals surface area contributed by atoms with Crippen LogP contribution in [0.4, 0.5) is 5.82 Å². The zero-order chi connectivity index (χ0) is 21.9. The predicted molar refractivity (Wildman–Crippen MR) is 129 cm³/mol. The number of carbonyl (C=O) groups excluding carboxylic acids is 1. The number of benzene rings is 1. The molecule has 32 heavy (non-hydrogen) atoms. The van der Waals surface area contributed by atoms with Crippen molar-refractivity contribution in [3.05, 3.63) is 88.8 Å². The number of aromatic nitrogens is 3. The van der Waals surface area contributed by atoms with Crippen molar-refractivity contribution in [2.75, 3.05) is 18.4 Å². The van der Waals surface area contributed by atoms with E-state index in [4.69, 9.17) is 0 Å². The summed E-state index contributed by atoms with van der Waals surface area (Å²) in [5.41, 5.74) is 4.39. The molecule has 0 unspecified atom stereocenters. The molecule has 1 aliphatic heterocycles. The molecule has 0 aliphatic carbocycles. The second kappa shape index (κ2) is 8.88. The Morgan fingerprint density at radius 2 is 1.94 bits per heavy atom. The number of amides is 1. The van der Waals surface area contributed by atoms with Gasteiger partial charge in [-0.05, 0) is 42.2 Å². The van der Waals surface area contributed by atoms with Crippen molar-refractivity contribution >= 4 is 38.9 Å². The van der Waals surface area contributed by atoms with Gasteiger partial charge in [-0.3, -0.25) is 9.78 Å².